The monoisotopic (exact) mass is 315 g/mol. The molecule has 0 bridgehead atoms. The van der Waals surface area contributed by atoms with Gasteiger partial charge in [0.1, 0.15) is 11.3 Å². The van der Waals surface area contributed by atoms with Crippen molar-refractivity contribution in [3.63, 3.8) is 0 Å². The molecule has 5 nitrogen and oxygen atoms in total. The minimum atomic E-state index is -1.31. The number of carbonyl (C=O) groups excluding carboxylic acids is 1. The lowest BCUT2D eigenvalue weighted by Gasteiger charge is -2.20. The summed E-state index contributed by atoms with van der Waals surface area (Å²) in [6, 6.07) is 6.99. The Kier molecular flexibility index (Phi) is 4.72. The summed E-state index contributed by atoms with van der Waals surface area (Å²) in [4.78, 5) is 22.3. The van der Waals surface area contributed by atoms with Crippen molar-refractivity contribution in [3.05, 3.63) is 28.7 Å². The van der Waals surface area contributed by atoms with E-state index < -0.39 is 17.4 Å². The molecule has 0 atom stereocenters. The highest BCUT2D eigenvalue weighted by atomic mass is 79.9. The highest BCUT2D eigenvalue weighted by molar-refractivity contribution is 9.10. The van der Waals surface area contributed by atoms with Gasteiger partial charge >= 0.3 is 5.97 Å². The fourth-order valence-corrected chi connectivity index (χ4v) is 1.38. The first-order valence-electron chi connectivity index (χ1n) is 5.24. The number of halogens is 1. The lowest BCUT2D eigenvalue weighted by Crippen LogP contribution is -2.51. The Morgan fingerprint density at radius 3 is 2.39 bits per heavy atom. The normalized spacial score (nSPS) is 10.8. The molecule has 2 N–H and O–H groups in total. The summed E-state index contributed by atoms with van der Waals surface area (Å²) >= 11 is 3.28. The minimum Gasteiger partial charge on any atom is -0.484 e. The van der Waals surface area contributed by atoms with Crippen molar-refractivity contribution in [2.24, 2.45) is 0 Å². The fraction of sp³-hybridized carbons (Fsp3) is 0.333. The molecule has 0 aromatic heterocycles. The van der Waals surface area contributed by atoms with E-state index in [1.54, 1.807) is 24.3 Å². The first-order chi connectivity index (χ1) is 8.31. The van der Waals surface area contributed by atoms with Gasteiger partial charge in [-0.05, 0) is 38.1 Å². The van der Waals surface area contributed by atoms with Gasteiger partial charge in [-0.2, -0.15) is 0 Å². The topological polar surface area (TPSA) is 75.6 Å². The smallest absolute Gasteiger partial charge is 0.328 e. The van der Waals surface area contributed by atoms with Crippen molar-refractivity contribution in [2.45, 2.75) is 19.4 Å². The summed E-state index contributed by atoms with van der Waals surface area (Å²) in [5.74, 6) is -1.04. The SMILES string of the molecule is CC(C)(NC(=O)COc1ccc(Br)cc1)C(=O)O. The standard InChI is InChI=1S/C12H14BrNO4/c1-12(2,11(16)17)14-10(15)7-18-9-5-3-8(13)4-6-9/h3-6H,7H2,1-2H3,(H,14,15)(H,16,17). The molecule has 0 aliphatic carbocycles. The molecule has 0 fully saturated rings. The molecular formula is C12H14BrNO4. The molecule has 1 aromatic carbocycles. The number of benzene rings is 1. The summed E-state index contributed by atoms with van der Waals surface area (Å²) in [5.41, 5.74) is -1.31. The maximum Gasteiger partial charge on any atom is 0.328 e. The van der Waals surface area contributed by atoms with E-state index in [1.165, 1.54) is 13.8 Å². The van der Waals surface area contributed by atoms with E-state index >= 15 is 0 Å². The number of hydrogen-bond donors (Lipinski definition) is 2. The van der Waals surface area contributed by atoms with E-state index in [-0.39, 0.29) is 6.61 Å². The van der Waals surface area contributed by atoms with Gasteiger partial charge in [-0.1, -0.05) is 15.9 Å². The first kappa shape index (κ1) is 14.5. The molecule has 98 valence electrons. The molecule has 6 heteroatoms. The Balaban J connectivity index is 2.47. The molecule has 0 aliphatic rings. The number of rotatable bonds is 5. The second kappa shape index (κ2) is 5.86. The van der Waals surface area contributed by atoms with Crippen LogP contribution in [0.15, 0.2) is 28.7 Å². The van der Waals surface area contributed by atoms with Crippen LogP contribution < -0.4 is 10.1 Å². The summed E-state index contributed by atoms with van der Waals surface area (Å²) in [7, 11) is 0. The number of hydrogen-bond acceptors (Lipinski definition) is 3. The van der Waals surface area contributed by atoms with E-state index in [0.717, 1.165) is 4.47 Å². The average molecular weight is 316 g/mol. The average Bonchev–Trinajstić information content (AvgIpc) is 2.27. The largest absolute Gasteiger partial charge is 0.484 e. The van der Waals surface area contributed by atoms with Crippen LogP contribution in [0.2, 0.25) is 0 Å². The van der Waals surface area contributed by atoms with Crippen molar-refractivity contribution < 1.29 is 19.4 Å². The zero-order chi connectivity index (χ0) is 13.8. The van der Waals surface area contributed by atoms with E-state index in [2.05, 4.69) is 21.2 Å². The van der Waals surface area contributed by atoms with Gasteiger partial charge < -0.3 is 15.2 Å². The first-order valence-corrected chi connectivity index (χ1v) is 6.03. The summed E-state index contributed by atoms with van der Waals surface area (Å²) in [6.45, 7) is 2.60. The molecule has 1 amide bonds. The van der Waals surface area contributed by atoms with Gasteiger partial charge in [0.05, 0.1) is 0 Å². The van der Waals surface area contributed by atoms with Gasteiger partial charge in [0.25, 0.3) is 5.91 Å². The van der Waals surface area contributed by atoms with E-state index in [0.29, 0.717) is 5.75 Å². The molecule has 1 rings (SSSR count). The predicted octanol–water partition coefficient (Wildman–Crippen LogP) is 1.81. The number of amides is 1. The third kappa shape index (κ3) is 4.37. The van der Waals surface area contributed by atoms with Crippen LogP contribution >= 0.6 is 15.9 Å². The second-order valence-electron chi connectivity index (χ2n) is 4.22. The van der Waals surface area contributed by atoms with Gasteiger partial charge in [0, 0.05) is 4.47 Å². The zero-order valence-electron chi connectivity index (χ0n) is 10.1. The zero-order valence-corrected chi connectivity index (χ0v) is 11.7. The minimum absolute atomic E-state index is 0.224. The molecule has 0 saturated carbocycles. The Hall–Kier alpha value is -1.56. The number of aliphatic carboxylic acids is 1. The molecule has 0 radical (unpaired) electrons. The lowest BCUT2D eigenvalue weighted by molar-refractivity contribution is -0.146. The van der Waals surface area contributed by atoms with Gasteiger partial charge in [-0.25, -0.2) is 4.79 Å². The number of carboxylic acid groups (broad SMARTS) is 1. The predicted molar refractivity (Wildman–Crippen MR) is 69.5 cm³/mol. The molecule has 0 heterocycles. The summed E-state index contributed by atoms with van der Waals surface area (Å²) in [5, 5.41) is 11.2. The number of carbonyl (C=O) groups is 2. The van der Waals surface area contributed by atoms with Crippen molar-refractivity contribution >= 4 is 27.8 Å². The van der Waals surface area contributed by atoms with Crippen LogP contribution in [0, 0.1) is 0 Å². The van der Waals surface area contributed by atoms with Gasteiger partial charge in [-0.3, -0.25) is 4.79 Å². The Morgan fingerprint density at radius 1 is 1.33 bits per heavy atom. The number of nitrogens with one attached hydrogen (secondary N) is 1. The van der Waals surface area contributed by atoms with E-state index in [9.17, 15) is 9.59 Å². The Labute approximate surface area is 113 Å². The van der Waals surface area contributed by atoms with Gasteiger partial charge in [0.15, 0.2) is 6.61 Å². The highest BCUT2D eigenvalue weighted by Crippen LogP contribution is 2.15. The molecule has 0 saturated heterocycles. The maximum atomic E-state index is 11.5. The highest BCUT2D eigenvalue weighted by Gasteiger charge is 2.28. The fourth-order valence-electron chi connectivity index (χ4n) is 1.12. The van der Waals surface area contributed by atoms with Crippen LogP contribution in [-0.2, 0) is 9.59 Å². The van der Waals surface area contributed by atoms with Crippen LogP contribution in [0.3, 0.4) is 0 Å². The molecule has 18 heavy (non-hydrogen) atoms. The van der Waals surface area contributed by atoms with Crippen LogP contribution in [-0.4, -0.2) is 29.1 Å². The van der Waals surface area contributed by atoms with Crippen LogP contribution in [0.1, 0.15) is 13.8 Å². The molecular weight excluding hydrogens is 302 g/mol. The summed E-state index contributed by atoms with van der Waals surface area (Å²) in [6.07, 6.45) is 0. The Morgan fingerprint density at radius 2 is 1.89 bits per heavy atom. The van der Waals surface area contributed by atoms with Crippen LogP contribution in [0.25, 0.3) is 0 Å². The molecule has 1 aromatic rings. The van der Waals surface area contributed by atoms with Crippen LogP contribution in [0.5, 0.6) is 5.75 Å². The molecule has 0 aliphatic heterocycles. The maximum absolute atomic E-state index is 11.5. The third-order valence-electron chi connectivity index (χ3n) is 2.17. The quantitative estimate of drug-likeness (QED) is 0.869. The van der Waals surface area contributed by atoms with E-state index in [4.69, 9.17) is 9.84 Å². The number of ether oxygens (including phenoxy) is 1. The lowest BCUT2D eigenvalue weighted by atomic mass is 10.1. The van der Waals surface area contributed by atoms with Gasteiger partial charge in [-0.15, -0.1) is 0 Å². The summed E-state index contributed by atoms with van der Waals surface area (Å²) < 4.78 is 6.13. The molecule has 0 spiro atoms. The van der Waals surface area contributed by atoms with E-state index in [1.807, 2.05) is 0 Å². The van der Waals surface area contributed by atoms with Crippen molar-refractivity contribution in [2.75, 3.05) is 6.61 Å². The number of carboxylic acids is 1. The third-order valence-corrected chi connectivity index (χ3v) is 2.70. The van der Waals surface area contributed by atoms with Crippen molar-refractivity contribution in [3.8, 4) is 5.75 Å². The Bertz CT molecular complexity index is 442. The van der Waals surface area contributed by atoms with Crippen molar-refractivity contribution in [1.82, 2.24) is 5.32 Å². The van der Waals surface area contributed by atoms with Crippen LogP contribution in [0.4, 0.5) is 0 Å². The van der Waals surface area contributed by atoms with Crippen molar-refractivity contribution in [1.29, 1.82) is 0 Å². The van der Waals surface area contributed by atoms with Gasteiger partial charge in [0.2, 0.25) is 0 Å². The second-order valence-corrected chi connectivity index (χ2v) is 5.14. The molecule has 0 unspecified atom stereocenters.